The van der Waals surface area contributed by atoms with Gasteiger partial charge in [-0.25, -0.2) is 12.8 Å². The molecule has 0 aliphatic heterocycles. The molecule has 0 spiro atoms. The quantitative estimate of drug-likeness (QED) is 0.207. The van der Waals surface area contributed by atoms with Crippen molar-refractivity contribution in [2.75, 3.05) is 18.0 Å². The minimum atomic E-state index is -4.41. The monoisotopic (exact) mass is 645 g/mol. The van der Waals surface area contributed by atoms with Crippen LogP contribution in [0.3, 0.4) is 0 Å². The van der Waals surface area contributed by atoms with Crippen molar-refractivity contribution in [1.29, 1.82) is 0 Å². The SMILES string of the molecule is COc1cccc(CN(C(=O)CN(c2ccccc2F)S(=O)(=O)c2ccc(C)cc2)C(Cc2ccccc2)C(=O)NC(C)(C)C)c1. The number of benzene rings is 4. The number of nitrogens with zero attached hydrogens (tertiary/aromatic N) is 2. The fraction of sp³-hybridized carbons (Fsp3) is 0.278. The third-order valence-electron chi connectivity index (χ3n) is 7.27. The lowest BCUT2D eigenvalue weighted by atomic mass is 10.0. The summed E-state index contributed by atoms with van der Waals surface area (Å²) < 4.78 is 49.6. The van der Waals surface area contributed by atoms with Crippen LogP contribution >= 0.6 is 0 Å². The lowest BCUT2D eigenvalue weighted by Crippen LogP contribution is -2.56. The minimum Gasteiger partial charge on any atom is -0.497 e. The van der Waals surface area contributed by atoms with Crippen molar-refractivity contribution in [3.63, 3.8) is 0 Å². The van der Waals surface area contributed by atoms with Crippen LogP contribution in [0.2, 0.25) is 0 Å². The lowest BCUT2D eigenvalue weighted by molar-refractivity contribution is -0.140. The van der Waals surface area contributed by atoms with Crippen LogP contribution < -0.4 is 14.4 Å². The zero-order chi connectivity index (χ0) is 33.5. The van der Waals surface area contributed by atoms with Crippen LogP contribution in [0.1, 0.15) is 37.5 Å². The molecule has 0 fully saturated rings. The van der Waals surface area contributed by atoms with Gasteiger partial charge in [0.1, 0.15) is 24.2 Å². The Bertz CT molecular complexity index is 1760. The summed E-state index contributed by atoms with van der Waals surface area (Å²) in [6.07, 6.45) is 0.156. The average Bonchev–Trinajstić information content (AvgIpc) is 3.01. The highest BCUT2D eigenvalue weighted by Gasteiger charge is 2.36. The molecule has 4 rings (SSSR count). The van der Waals surface area contributed by atoms with Crippen molar-refractivity contribution in [1.82, 2.24) is 10.2 Å². The van der Waals surface area contributed by atoms with Crippen molar-refractivity contribution < 1.29 is 27.1 Å². The smallest absolute Gasteiger partial charge is 0.264 e. The van der Waals surface area contributed by atoms with E-state index < -0.39 is 45.8 Å². The van der Waals surface area contributed by atoms with Gasteiger partial charge in [-0.1, -0.05) is 72.3 Å². The normalized spacial score (nSPS) is 12.2. The number of anilines is 1. The van der Waals surface area contributed by atoms with Crippen LogP contribution in [0.5, 0.6) is 5.75 Å². The molecule has 1 unspecified atom stereocenters. The number of nitrogens with one attached hydrogen (secondary N) is 1. The maximum Gasteiger partial charge on any atom is 0.264 e. The van der Waals surface area contributed by atoms with Crippen molar-refractivity contribution in [3.8, 4) is 5.75 Å². The topological polar surface area (TPSA) is 96.0 Å². The Morgan fingerprint density at radius 2 is 1.50 bits per heavy atom. The molecule has 1 atom stereocenters. The maximum absolute atomic E-state index is 15.3. The Morgan fingerprint density at radius 3 is 2.13 bits per heavy atom. The average molecular weight is 646 g/mol. The van der Waals surface area contributed by atoms with E-state index in [1.807, 2.05) is 58.0 Å². The standard InChI is InChI=1S/C36H40FN3O5S/c1-26-18-20-30(21-19-26)46(43,44)40(32-17-10-9-16-31(32)37)25-34(41)39(24-28-14-11-15-29(22-28)45-5)33(35(42)38-36(2,3)4)23-27-12-7-6-8-13-27/h6-22,33H,23-25H2,1-5H3,(H,38,42). The van der Waals surface area contributed by atoms with Crippen LogP contribution in [-0.2, 0) is 32.6 Å². The first kappa shape index (κ1) is 34.2. The summed E-state index contributed by atoms with van der Waals surface area (Å²) in [6.45, 7) is 6.54. The maximum atomic E-state index is 15.3. The molecule has 8 nitrogen and oxygen atoms in total. The Hall–Kier alpha value is -4.70. The van der Waals surface area contributed by atoms with Gasteiger partial charge in [0, 0.05) is 18.5 Å². The van der Waals surface area contributed by atoms with E-state index in [0.29, 0.717) is 11.3 Å². The number of hydrogen-bond acceptors (Lipinski definition) is 5. The van der Waals surface area contributed by atoms with E-state index >= 15 is 4.39 Å². The van der Waals surface area contributed by atoms with E-state index in [1.54, 1.807) is 36.4 Å². The number of hydrogen-bond donors (Lipinski definition) is 1. The van der Waals surface area contributed by atoms with Crippen molar-refractivity contribution in [3.05, 3.63) is 126 Å². The first-order valence-corrected chi connectivity index (χ1v) is 16.3. The highest BCUT2D eigenvalue weighted by molar-refractivity contribution is 7.92. The molecule has 0 aromatic heterocycles. The third-order valence-corrected chi connectivity index (χ3v) is 9.04. The van der Waals surface area contributed by atoms with Gasteiger partial charge in [-0.05, 0) is 75.2 Å². The van der Waals surface area contributed by atoms with Crippen LogP contribution in [0.4, 0.5) is 10.1 Å². The predicted molar refractivity (Wildman–Crippen MR) is 177 cm³/mol. The summed E-state index contributed by atoms with van der Waals surface area (Å²) in [6, 6.07) is 26.8. The zero-order valence-corrected chi connectivity index (χ0v) is 27.6. The molecular weight excluding hydrogens is 605 g/mol. The molecule has 0 aliphatic rings. The second-order valence-corrected chi connectivity index (χ2v) is 14.0. The molecule has 0 saturated heterocycles. The molecule has 0 radical (unpaired) electrons. The van der Waals surface area contributed by atoms with E-state index in [0.717, 1.165) is 21.5 Å². The van der Waals surface area contributed by atoms with Crippen LogP contribution in [0.15, 0.2) is 108 Å². The molecule has 0 aliphatic carbocycles. The van der Waals surface area contributed by atoms with E-state index in [9.17, 15) is 18.0 Å². The molecule has 4 aromatic rings. The second kappa shape index (κ2) is 14.6. The van der Waals surface area contributed by atoms with Gasteiger partial charge >= 0.3 is 0 Å². The molecule has 0 heterocycles. The van der Waals surface area contributed by atoms with Gasteiger partial charge in [-0.15, -0.1) is 0 Å². The molecule has 46 heavy (non-hydrogen) atoms. The van der Waals surface area contributed by atoms with E-state index in [2.05, 4.69) is 5.32 Å². The molecule has 2 amide bonds. The van der Waals surface area contributed by atoms with Gasteiger partial charge in [-0.3, -0.25) is 13.9 Å². The summed E-state index contributed by atoms with van der Waals surface area (Å²) in [5, 5.41) is 2.99. The highest BCUT2D eigenvalue weighted by atomic mass is 32.2. The number of aryl methyl sites for hydroxylation is 1. The van der Waals surface area contributed by atoms with Crippen LogP contribution in [-0.4, -0.2) is 50.4 Å². The number of halogens is 1. The number of para-hydroxylation sites is 1. The number of rotatable bonds is 12. The molecule has 0 saturated carbocycles. The number of carbonyl (C=O) groups is 2. The fourth-order valence-electron chi connectivity index (χ4n) is 4.98. The number of ether oxygens (including phenoxy) is 1. The van der Waals surface area contributed by atoms with Gasteiger partial charge in [0.25, 0.3) is 10.0 Å². The molecule has 1 N–H and O–H groups in total. The first-order chi connectivity index (χ1) is 21.8. The summed E-state index contributed by atoms with van der Waals surface area (Å²) in [5.74, 6) is -1.35. The number of amides is 2. The van der Waals surface area contributed by atoms with Crippen LogP contribution in [0, 0.1) is 12.7 Å². The van der Waals surface area contributed by atoms with E-state index in [-0.39, 0.29) is 23.5 Å². The third kappa shape index (κ3) is 8.72. The van der Waals surface area contributed by atoms with Crippen molar-refractivity contribution in [2.24, 2.45) is 0 Å². The van der Waals surface area contributed by atoms with E-state index in [4.69, 9.17) is 4.74 Å². The van der Waals surface area contributed by atoms with Crippen LogP contribution in [0.25, 0.3) is 0 Å². The number of carbonyl (C=O) groups excluding carboxylic acids is 2. The molecule has 4 aromatic carbocycles. The lowest BCUT2D eigenvalue weighted by Gasteiger charge is -2.35. The largest absolute Gasteiger partial charge is 0.497 e. The predicted octanol–water partition coefficient (Wildman–Crippen LogP) is 5.89. The van der Waals surface area contributed by atoms with Gasteiger partial charge in [0.15, 0.2) is 0 Å². The number of sulfonamides is 1. The highest BCUT2D eigenvalue weighted by Crippen LogP contribution is 2.28. The zero-order valence-electron chi connectivity index (χ0n) is 26.7. The van der Waals surface area contributed by atoms with Crippen molar-refractivity contribution in [2.45, 2.75) is 57.1 Å². The minimum absolute atomic E-state index is 0.0409. The first-order valence-electron chi connectivity index (χ1n) is 14.9. The molecule has 10 heteroatoms. The Kier molecular flexibility index (Phi) is 10.8. The Labute approximate surface area is 270 Å². The summed E-state index contributed by atoms with van der Waals surface area (Å²) >= 11 is 0. The summed E-state index contributed by atoms with van der Waals surface area (Å²) in [7, 11) is -2.89. The Morgan fingerprint density at radius 1 is 0.870 bits per heavy atom. The molecular formula is C36H40FN3O5S. The van der Waals surface area contributed by atoms with Crippen molar-refractivity contribution >= 4 is 27.5 Å². The fourth-order valence-corrected chi connectivity index (χ4v) is 6.40. The van der Waals surface area contributed by atoms with Gasteiger partial charge < -0.3 is 15.0 Å². The van der Waals surface area contributed by atoms with E-state index in [1.165, 1.54) is 42.3 Å². The number of methoxy groups -OCH3 is 1. The van der Waals surface area contributed by atoms with Gasteiger partial charge in [-0.2, -0.15) is 0 Å². The second-order valence-electron chi connectivity index (χ2n) is 12.1. The summed E-state index contributed by atoms with van der Waals surface area (Å²) in [4.78, 5) is 29.7. The molecule has 242 valence electrons. The van der Waals surface area contributed by atoms with Gasteiger partial charge in [0.05, 0.1) is 17.7 Å². The van der Waals surface area contributed by atoms with Gasteiger partial charge in [0.2, 0.25) is 11.8 Å². The Balaban J connectivity index is 1.84. The summed E-state index contributed by atoms with van der Waals surface area (Å²) in [5.41, 5.74) is 1.40. The molecule has 0 bridgehead atoms.